The third kappa shape index (κ3) is 1.09. The van der Waals surface area contributed by atoms with Crippen LogP contribution in [-0.2, 0) is 6.54 Å². The van der Waals surface area contributed by atoms with Crippen LogP contribution in [0.1, 0.15) is 5.76 Å². The molecule has 0 aliphatic rings. The summed E-state index contributed by atoms with van der Waals surface area (Å²) in [5, 5.41) is 1.63. The van der Waals surface area contributed by atoms with Gasteiger partial charge in [-0.05, 0) is 18.2 Å². The number of fused-ring (bicyclic) bond motifs is 1. The first-order valence-electron chi connectivity index (χ1n) is 3.68. The van der Waals surface area contributed by atoms with Crippen LogP contribution in [0.5, 0.6) is 0 Å². The molecule has 0 aliphatic heterocycles. The van der Waals surface area contributed by atoms with Crippen molar-refractivity contribution in [3.05, 3.63) is 35.0 Å². The van der Waals surface area contributed by atoms with Gasteiger partial charge in [0.25, 0.3) is 0 Å². The van der Waals surface area contributed by atoms with Gasteiger partial charge in [-0.15, -0.1) is 0 Å². The average molecular weight is 182 g/mol. The van der Waals surface area contributed by atoms with E-state index in [1.807, 2.05) is 24.3 Å². The van der Waals surface area contributed by atoms with Crippen LogP contribution in [0.25, 0.3) is 11.0 Å². The second-order valence-electron chi connectivity index (χ2n) is 2.57. The van der Waals surface area contributed by atoms with E-state index in [0.717, 1.165) is 16.7 Å². The molecule has 2 aromatic rings. The maximum atomic E-state index is 5.93. The van der Waals surface area contributed by atoms with Crippen molar-refractivity contribution in [1.82, 2.24) is 0 Å². The van der Waals surface area contributed by atoms with Crippen LogP contribution in [0.15, 0.2) is 28.7 Å². The first kappa shape index (κ1) is 7.65. The minimum absolute atomic E-state index is 0.408. The number of hydrogen-bond acceptors (Lipinski definition) is 2. The number of benzene rings is 1. The molecule has 2 nitrogen and oxygen atoms in total. The zero-order valence-electron chi connectivity index (χ0n) is 6.38. The fraction of sp³-hybridized carbons (Fsp3) is 0.111. The highest BCUT2D eigenvalue weighted by atomic mass is 35.5. The van der Waals surface area contributed by atoms with Gasteiger partial charge in [0.15, 0.2) is 0 Å². The molecule has 0 radical (unpaired) electrons. The normalized spacial score (nSPS) is 10.8. The van der Waals surface area contributed by atoms with Crippen LogP contribution in [0, 0.1) is 0 Å². The first-order valence-corrected chi connectivity index (χ1v) is 4.06. The Morgan fingerprint density at radius 1 is 1.42 bits per heavy atom. The lowest BCUT2D eigenvalue weighted by Crippen LogP contribution is -1.92. The van der Waals surface area contributed by atoms with Gasteiger partial charge in [-0.25, -0.2) is 0 Å². The topological polar surface area (TPSA) is 39.2 Å². The van der Waals surface area contributed by atoms with E-state index in [-0.39, 0.29) is 0 Å². The monoisotopic (exact) mass is 181 g/mol. The summed E-state index contributed by atoms with van der Waals surface area (Å²) < 4.78 is 5.39. The molecule has 2 rings (SSSR count). The molecule has 0 spiro atoms. The molecule has 0 fully saturated rings. The predicted molar refractivity (Wildman–Crippen MR) is 49.1 cm³/mol. The van der Waals surface area contributed by atoms with Crippen molar-refractivity contribution in [1.29, 1.82) is 0 Å². The summed E-state index contributed by atoms with van der Waals surface area (Å²) in [6.45, 7) is 0.408. The zero-order valence-corrected chi connectivity index (χ0v) is 7.14. The molecule has 0 unspecified atom stereocenters. The third-order valence-corrected chi connectivity index (χ3v) is 2.09. The van der Waals surface area contributed by atoms with Gasteiger partial charge in [0, 0.05) is 5.39 Å². The van der Waals surface area contributed by atoms with Gasteiger partial charge >= 0.3 is 0 Å². The smallest absolute Gasteiger partial charge is 0.135 e. The van der Waals surface area contributed by atoms with E-state index in [2.05, 4.69) is 0 Å². The summed E-state index contributed by atoms with van der Waals surface area (Å²) in [5.74, 6) is 0.762. The molecular formula is C9H8ClNO. The van der Waals surface area contributed by atoms with E-state index in [4.69, 9.17) is 21.8 Å². The number of rotatable bonds is 1. The minimum Gasteiger partial charge on any atom is -0.460 e. The molecule has 3 heteroatoms. The van der Waals surface area contributed by atoms with Gasteiger partial charge in [-0.3, -0.25) is 0 Å². The van der Waals surface area contributed by atoms with E-state index >= 15 is 0 Å². The van der Waals surface area contributed by atoms with E-state index in [9.17, 15) is 0 Å². The Kier molecular flexibility index (Phi) is 1.79. The van der Waals surface area contributed by atoms with Crippen molar-refractivity contribution in [3.8, 4) is 0 Å². The third-order valence-electron chi connectivity index (χ3n) is 1.76. The molecule has 0 saturated carbocycles. The Bertz CT molecular complexity index is 408. The van der Waals surface area contributed by atoms with Gasteiger partial charge in [0.2, 0.25) is 0 Å². The standard InChI is InChI=1S/C9H8ClNO/c10-8-2-1-3-9-7(8)4-6(5-11)12-9/h1-4H,5,11H2. The first-order chi connectivity index (χ1) is 5.81. The molecule has 12 heavy (non-hydrogen) atoms. The maximum Gasteiger partial charge on any atom is 0.135 e. The van der Waals surface area contributed by atoms with Gasteiger partial charge in [-0.2, -0.15) is 0 Å². The van der Waals surface area contributed by atoms with E-state index < -0.39 is 0 Å². The van der Waals surface area contributed by atoms with Crippen molar-refractivity contribution in [2.24, 2.45) is 5.73 Å². The van der Waals surface area contributed by atoms with Gasteiger partial charge in [-0.1, -0.05) is 17.7 Å². The lowest BCUT2D eigenvalue weighted by Gasteiger charge is -1.88. The number of nitrogens with two attached hydrogens (primary N) is 1. The quantitative estimate of drug-likeness (QED) is 0.735. The summed E-state index contributed by atoms with van der Waals surface area (Å²) in [7, 11) is 0. The van der Waals surface area contributed by atoms with Crippen molar-refractivity contribution < 1.29 is 4.42 Å². The Balaban J connectivity index is 2.74. The Hall–Kier alpha value is -0.990. The molecule has 2 N–H and O–H groups in total. The molecule has 0 amide bonds. The number of hydrogen-bond donors (Lipinski definition) is 1. The lowest BCUT2D eigenvalue weighted by molar-refractivity contribution is 0.552. The molecule has 0 saturated heterocycles. The highest BCUT2D eigenvalue weighted by Crippen LogP contribution is 2.26. The number of furan rings is 1. The van der Waals surface area contributed by atoms with E-state index in [1.54, 1.807) is 0 Å². The van der Waals surface area contributed by atoms with Crippen LogP contribution < -0.4 is 5.73 Å². The Morgan fingerprint density at radius 2 is 2.25 bits per heavy atom. The van der Waals surface area contributed by atoms with Crippen LogP contribution in [0.4, 0.5) is 0 Å². The van der Waals surface area contributed by atoms with Gasteiger partial charge in [0.1, 0.15) is 11.3 Å². The predicted octanol–water partition coefficient (Wildman–Crippen LogP) is 2.54. The van der Waals surface area contributed by atoms with E-state index in [1.165, 1.54) is 0 Å². The lowest BCUT2D eigenvalue weighted by atomic mass is 10.2. The fourth-order valence-corrected chi connectivity index (χ4v) is 1.40. The summed E-state index contributed by atoms with van der Waals surface area (Å²) in [6, 6.07) is 7.44. The minimum atomic E-state index is 0.408. The summed E-state index contributed by atoms with van der Waals surface area (Å²) in [5.41, 5.74) is 6.22. The summed E-state index contributed by atoms with van der Waals surface area (Å²) >= 11 is 5.93. The Labute approximate surface area is 74.9 Å². The molecule has 1 aromatic heterocycles. The molecule has 62 valence electrons. The van der Waals surface area contributed by atoms with Crippen LogP contribution in [0.2, 0.25) is 5.02 Å². The van der Waals surface area contributed by atoms with Crippen LogP contribution in [0.3, 0.4) is 0 Å². The molecule has 1 aromatic carbocycles. The van der Waals surface area contributed by atoms with Gasteiger partial charge in [0.05, 0.1) is 11.6 Å². The largest absolute Gasteiger partial charge is 0.460 e. The highest BCUT2D eigenvalue weighted by molar-refractivity contribution is 6.35. The van der Waals surface area contributed by atoms with Crippen LogP contribution in [-0.4, -0.2) is 0 Å². The van der Waals surface area contributed by atoms with Crippen LogP contribution >= 0.6 is 11.6 Å². The Morgan fingerprint density at radius 3 is 2.92 bits per heavy atom. The average Bonchev–Trinajstić information content (AvgIpc) is 2.49. The maximum absolute atomic E-state index is 5.93. The summed E-state index contributed by atoms with van der Waals surface area (Å²) in [4.78, 5) is 0. The molecular weight excluding hydrogens is 174 g/mol. The second kappa shape index (κ2) is 2.81. The molecule has 0 aliphatic carbocycles. The van der Waals surface area contributed by atoms with Crippen molar-refractivity contribution in [2.75, 3.05) is 0 Å². The summed E-state index contributed by atoms with van der Waals surface area (Å²) in [6.07, 6.45) is 0. The molecule has 1 heterocycles. The molecule has 0 bridgehead atoms. The van der Waals surface area contributed by atoms with Gasteiger partial charge < -0.3 is 10.2 Å². The highest BCUT2D eigenvalue weighted by Gasteiger charge is 2.04. The molecule has 0 atom stereocenters. The number of halogens is 1. The zero-order chi connectivity index (χ0) is 8.55. The second-order valence-corrected chi connectivity index (χ2v) is 2.98. The van der Waals surface area contributed by atoms with Crippen molar-refractivity contribution in [3.63, 3.8) is 0 Å². The van der Waals surface area contributed by atoms with Crippen molar-refractivity contribution >= 4 is 22.6 Å². The SMILES string of the molecule is NCc1cc2c(Cl)cccc2o1. The fourth-order valence-electron chi connectivity index (χ4n) is 1.18. The van der Waals surface area contributed by atoms with Crippen molar-refractivity contribution in [2.45, 2.75) is 6.54 Å². The van der Waals surface area contributed by atoms with E-state index in [0.29, 0.717) is 11.6 Å².